The van der Waals surface area contributed by atoms with Gasteiger partial charge in [0, 0.05) is 31.5 Å². The van der Waals surface area contributed by atoms with E-state index >= 15 is 8.78 Å². The summed E-state index contributed by atoms with van der Waals surface area (Å²) in [6.45, 7) is 6.94. The predicted molar refractivity (Wildman–Crippen MR) is 267 cm³/mol. The molecule has 1 aliphatic carbocycles. The fourth-order valence-corrected chi connectivity index (χ4v) is 12.2. The van der Waals surface area contributed by atoms with Crippen molar-refractivity contribution in [2.24, 2.45) is 0 Å². The van der Waals surface area contributed by atoms with E-state index in [1.165, 1.54) is 142 Å². The first-order chi connectivity index (χ1) is 30.3. The summed E-state index contributed by atoms with van der Waals surface area (Å²) in [6, 6.07) is 14.6. The first-order valence-electron chi connectivity index (χ1n) is 23.5. The van der Waals surface area contributed by atoms with Crippen molar-refractivity contribution in [2.75, 3.05) is 11.9 Å². The lowest BCUT2D eigenvalue weighted by atomic mass is 9.99. The zero-order chi connectivity index (χ0) is 43.3. The van der Waals surface area contributed by atoms with E-state index in [9.17, 15) is 0 Å². The summed E-state index contributed by atoms with van der Waals surface area (Å²) in [6.07, 6.45) is 39.1. The van der Waals surface area contributed by atoms with Gasteiger partial charge in [-0.05, 0) is 73.9 Å². The normalized spacial score (nSPS) is 16.3. The highest BCUT2D eigenvalue weighted by atomic mass is 32.2. The largest absolute Gasteiger partial charge is 0.366 e. The first-order valence-corrected chi connectivity index (χ1v) is 26.0. The average molecular weight is 893 g/mol. The van der Waals surface area contributed by atoms with E-state index in [2.05, 4.69) is 79.6 Å². The van der Waals surface area contributed by atoms with Crippen LogP contribution in [-0.2, 0) is 6.54 Å². The van der Waals surface area contributed by atoms with Gasteiger partial charge in [0.25, 0.3) is 0 Å². The lowest BCUT2D eigenvalue weighted by Crippen LogP contribution is -2.41. The van der Waals surface area contributed by atoms with Gasteiger partial charge in [-0.15, -0.1) is 34.4 Å². The van der Waals surface area contributed by atoms with Crippen molar-refractivity contribution in [3.8, 4) is 20.9 Å². The van der Waals surface area contributed by atoms with Gasteiger partial charge < -0.3 is 4.90 Å². The van der Waals surface area contributed by atoms with Crippen molar-refractivity contribution in [3.05, 3.63) is 105 Å². The molecule has 1 aliphatic heterocycles. The minimum Gasteiger partial charge on any atom is -0.366 e. The van der Waals surface area contributed by atoms with Crippen LogP contribution in [0.2, 0.25) is 0 Å². The Morgan fingerprint density at radius 2 is 1.26 bits per heavy atom. The molecule has 0 N–H and O–H groups in total. The maximum atomic E-state index is 16.4. The molecular formula is C53H66F2N4S3. The van der Waals surface area contributed by atoms with Crippen LogP contribution in [0.1, 0.15) is 145 Å². The molecule has 0 fully saturated rings. The smallest absolute Gasteiger partial charge is 0.170 e. The summed E-state index contributed by atoms with van der Waals surface area (Å²) in [5, 5.41) is 9.99. The second-order valence-corrected chi connectivity index (χ2v) is 20.9. The van der Waals surface area contributed by atoms with Crippen LogP contribution in [0.4, 0.5) is 14.5 Å². The molecule has 62 heavy (non-hydrogen) atoms. The average Bonchev–Trinajstić information content (AvgIpc) is 4.03. The molecule has 7 rings (SSSR count). The van der Waals surface area contributed by atoms with Crippen LogP contribution in [0, 0.1) is 18.6 Å². The Balaban J connectivity index is 0.947. The molecule has 0 radical (unpaired) electrons. The molecule has 5 aromatic rings. The number of likely N-dealkylation sites (N-methyl/N-ethyl adjacent to an activating group) is 1. The van der Waals surface area contributed by atoms with Crippen molar-refractivity contribution in [1.82, 2.24) is 15.0 Å². The molecule has 0 saturated carbocycles. The molecule has 0 spiro atoms. The monoisotopic (exact) mass is 892 g/mol. The van der Waals surface area contributed by atoms with Crippen molar-refractivity contribution >= 4 is 63.3 Å². The third kappa shape index (κ3) is 11.9. The van der Waals surface area contributed by atoms with Gasteiger partial charge in [-0.1, -0.05) is 159 Å². The van der Waals surface area contributed by atoms with Crippen molar-refractivity contribution < 1.29 is 8.78 Å². The van der Waals surface area contributed by atoms with Gasteiger partial charge in [-0.2, -0.15) is 15.0 Å². The highest BCUT2D eigenvalue weighted by Gasteiger charge is 2.32. The molecule has 0 amide bonds. The van der Waals surface area contributed by atoms with E-state index in [0.717, 1.165) is 28.2 Å². The molecule has 2 atom stereocenters. The molecule has 0 saturated heterocycles. The minimum absolute atomic E-state index is 0.195. The van der Waals surface area contributed by atoms with Gasteiger partial charge in [-0.25, -0.2) is 8.78 Å². The molecule has 2 unspecified atom stereocenters. The van der Waals surface area contributed by atoms with E-state index in [1.54, 1.807) is 4.80 Å². The van der Waals surface area contributed by atoms with Gasteiger partial charge in [0.15, 0.2) is 11.6 Å². The SMILES string of the molecule is C/C=C/c1ccc2c(c1)SC1C=C(/C=C/c3ccc(-c4c(F)c(F)c(-c5ccc(C)s5)c5nn(CCCCCCCCCCCCCCCCCCCC)nc45)s3)C=CC1N2C. The number of fused-ring (bicyclic) bond motifs is 3. The Kier molecular flexibility index (Phi) is 17.3. The fourth-order valence-electron chi connectivity index (χ4n) is 8.89. The van der Waals surface area contributed by atoms with Crippen LogP contribution in [0.15, 0.2) is 83.3 Å². The standard InChI is InChI=1S/C53H66F2N4S3/c1-5-7-8-9-10-11-12-13-14-15-16-17-18-19-20-21-22-23-35-59-56-52-48(44-33-25-38(3)60-44)50(54)51(55)49(53(52)57-59)45-34-30-41(61-45)29-26-40-28-32-43-47(37-40)62-46-36-39(24-6-2)27-31-42(46)58(43)4/h6,24-34,36-37,43,47H,5,7-23,35H2,1-4H3/b24-6+,29-26+. The molecule has 3 aromatic heterocycles. The lowest BCUT2D eigenvalue weighted by Gasteiger charge is -2.40. The zero-order valence-electron chi connectivity index (χ0n) is 37.4. The van der Waals surface area contributed by atoms with E-state index in [0.29, 0.717) is 27.3 Å². The molecule has 0 bridgehead atoms. The van der Waals surface area contributed by atoms with Crippen molar-refractivity contribution in [1.29, 1.82) is 0 Å². The van der Waals surface area contributed by atoms with E-state index < -0.39 is 11.6 Å². The number of thiophene rings is 2. The van der Waals surface area contributed by atoms with E-state index in [1.807, 2.05) is 49.9 Å². The topological polar surface area (TPSA) is 34.0 Å². The highest BCUT2D eigenvalue weighted by molar-refractivity contribution is 8.00. The summed E-state index contributed by atoms with van der Waals surface area (Å²) in [7, 11) is 2.17. The second kappa shape index (κ2) is 23.2. The number of aryl methyl sites for hydroxylation is 2. The third-order valence-electron chi connectivity index (χ3n) is 12.4. The lowest BCUT2D eigenvalue weighted by molar-refractivity contribution is 0.482. The number of anilines is 1. The Morgan fingerprint density at radius 1 is 0.677 bits per heavy atom. The Morgan fingerprint density at radius 3 is 1.84 bits per heavy atom. The Hall–Kier alpha value is -3.79. The molecule has 4 nitrogen and oxygen atoms in total. The molecule has 4 heterocycles. The molecule has 2 aromatic carbocycles. The van der Waals surface area contributed by atoms with Gasteiger partial charge in [-0.3, -0.25) is 0 Å². The number of nitrogens with zero attached hydrogens (tertiary/aromatic N) is 4. The summed E-state index contributed by atoms with van der Waals surface area (Å²) >= 11 is 4.81. The van der Waals surface area contributed by atoms with Gasteiger partial charge in [0.1, 0.15) is 11.0 Å². The maximum Gasteiger partial charge on any atom is 0.170 e. The van der Waals surface area contributed by atoms with Gasteiger partial charge >= 0.3 is 0 Å². The summed E-state index contributed by atoms with van der Waals surface area (Å²) < 4.78 is 32.6. The van der Waals surface area contributed by atoms with Gasteiger partial charge in [0.2, 0.25) is 0 Å². The highest BCUT2D eigenvalue weighted by Crippen LogP contribution is 2.45. The maximum absolute atomic E-state index is 16.4. The van der Waals surface area contributed by atoms with Crippen LogP contribution in [0.3, 0.4) is 0 Å². The number of aromatic nitrogens is 3. The minimum atomic E-state index is -0.864. The molecule has 2 aliphatic rings. The number of rotatable bonds is 24. The molecular weight excluding hydrogens is 827 g/mol. The number of halogens is 2. The number of allylic oxidation sites excluding steroid dienone is 4. The second-order valence-electron chi connectivity index (χ2n) is 17.3. The molecule has 9 heteroatoms. The number of hydrogen-bond acceptors (Lipinski definition) is 6. The van der Waals surface area contributed by atoms with Crippen LogP contribution in [-0.4, -0.2) is 33.3 Å². The van der Waals surface area contributed by atoms with Crippen molar-refractivity contribution in [2.45, 2.75) is 159 Å². The Bertz CT molecular complexity index is 2340. The van der Waals surface area contributed by atoms with E-state index in [-0.39, 0.29) is 22.4 Å². The van der Waals surface area contributed by atoms with Gasteiger partial charge in [0.05, 0.1) is 34.7 Å². The zero-order valence-corrected chi connectivity index (χ0v) is 39.9. The third-order valence-corrected chi connectivity index (χ3v) is 15.7. The van der Waals surface area contributed by atoms with E-state index in [4.69, 9.17) is 10.2 Å². The van der Waals surface area contributed by atoms with Crippen LogP contribution in [0.5, 0.6) is 0 Å². The fraction of sp³-hybridized carbons (Fsp3) is 0.472. The molecule has 330 valence electrons. The number of unbranched alkanes of at least 4 members (excludes halogenated alkanes) is 17. The van der Waals surface area contributed by atoms with Crippen LogP contribution < -0.4 is 4.90 Å². The quantitative estimate of drug-likeness (QED) is 0.0578. The number of thioether (sulfide) groups is 1. The van der Waals surface area contributed by atoms with Crippen LogP contribution >= 0.6 is 34.4 Å². The number of benzene rings is 2. The first kappa shape index (κ1) is 46.2. The number of hydrogen-bond donors (Lipinski definition) is 0. The summed E-state index contributed by atoms with van der Waals surface area (Å²) in [4.78, 5) is 8.64. The Labute approximate surface area is 382 Å². The van der Waals surface area contributed by atoms with Crippen molar-refractivity contribution in [3.63, 3.8) is 0 Å². The predicted octanol–water partition coefficient (Wildman–Crippen LogP) is 17.0. The van der Waals surface area contributed by atoms with Crippen LogP contribution in [0.25, 0.3) is 44.1 Å². The summed E-state index contributed by atoms with van der Waals surface area (Å²) in [5.41, 5.74) is 4.85. The summed E-state index contributed by atoms with van der Waals surface area (Å²) in [5.74, 6) is -1.72.